The number of hydrogen-bond donors (Lipinski definition) is 0. The van der Waals surface area contributed by atoms with Crippen molar-refractivity contribution < 1.29 is 0 Å². The van der Waals surface area contributed by atoms with Crippen LogP contribution in [0, 0.1) is 5.92 Å². The topological polar surface area (TPSA) is 0 Å². The summed E-state index contributed by atoms with van der Waals surface area (Å²) in [6.45, 7) is 21.7. The molecule has 0 nitrogen and oxygen atoms in total. The molecule has 1 unspecified atom stereocenters. The highest BCUT2D eigenvalue weighted by Gasteiger charge is 2.18. The van der Waals surface area contributed by atoms with Crippen LogP contribution in [0.3, 0.4) is 0 Å². The predicted molar refractivity (Wildman–Crippen MR) is 111 cm³/mol. The summed E-state index contributed by atoms with van der Waals surface area (Å²) in [5, 5.41) is 0. The number of benzene rings is 1. The van der Waals surface area contributed by atoms with E-state index < -0.39 is 0 Å². The molecule has 0 saturated carbocycles. The molecule has 0 fully saturated rings. The summed E-state index contributed by atoms with van der Waals surface area (Å²) in [7, 11) is 0. The van der Waals surface area contributed by atoms with E-state index in [4.69, 9.17) is 0 Å². The van der Waals surface area contributed by atoms with Crippen LogP contribution in [0.2, 0.25) is 0 Å². The lowest BCUT2D eigenvalue weighted by Gasteiger charge is -2.24. The largest absolute Gasteiger partial charge is 0.0683 e. The molecule has 0 saturated heterocycles. The van der Waals surface area contributed by atoms with E-state index in [9.17, 15) is 0 Å². The zero-order chi connectivity index (χ0) is 18.7. The Bertz CT molecular complexity index is 297. The maximum absolute atomic E-state index is 2.31. The van der Waals surface area contributed by atoms with Gasteiger partial charge in [0.15, 0.2) is 0 Å². The summed E-state index contributed by atoms with van der Waals surface area (Å²) < 4.78 is 0. The smallest absolute Gasteiger partial charge is 0.0104 e. The minimum atomic E-state index is 0.343. The quantitative estimate of drug-likeness (QED) is 0.491. The standard InChI is InChI=1S/C12H18.C7H16.2C2H6/c1-4-10-12(2,3)11-8-6-5-7-9-11;1-4-6-7(3)5-2;2*1-2/h5-9H,4,10H2,1-3H3;7H,4-6H2,1-3H3;2*1-2H3. The van der Waals surface area contributed by atoms with Gasteiger partial charge in [-0.2, -0.15) is 0 Å². The fraction of sp³-hybridized carbons (Fsp3) is 0.739. The average molecular weight is 323 g/mol. The molecule has 0 radical (unpaired) electrons. The normalized spacial score (nSPS) is 10.9. The van der Waals surface area contributed by atoms with Gasteiger partial charge in [-0.15, -0.1) is 0 Å². The van der Waals surface area contributed by atoms with Gasteiger partial charge in [0, 0.05) is 0 Å². The molecule has 0 aliphatic heterocycles. The SMILES string of the molecule is CC.CC.CCCC(C)(C)c1ccccc1.CCCC(C)CC. The Morgan fingerprint density at radius 1 is 0.826 bits per heavy atom. The fourth-order valence-corrected chi connectivity index (χ4v) is 2.36. The summed E-state index contributed by atoms with van der Waals surface area (Å²) >= 11 is 0. The van der Waals surface area contributed by atoms with Gasteiger partial charge in [0.05, 0.1) is 0 Å². The molecule has 1 aromatic rings. The number of rotatable bonds is 6. The summed E-state index contributed by atoms with van der Waals surface area (Å²) in [6.07, 6.45) is 6.60. The Labute approximate surface area is 149 Å². The maximum Gasteiger partial charge on any atom is -0.0104 e. The van der Waals surface area contributed by atoms with Gasteiger partial charge in [-0.05, 0) is 23.3 Å². The monoisotopic (exact) mass is 322 g/mol. The molecule has 1 atom stereocenters. The second-order valence-corrected chi connectivity index (χ2v) is 6.30. The van der Waals surface area contributed by atoms with Crippen molar-refractivity contribution >= 4 is 0 Å². The van der Waals surface area contributed by atoms with E-state index in [1.807, 2.05) is 27.7 Å². The molecule has 0 heteroatoms. The van der Waals surface area contributed by atoms with E-state index in [0.717, 1.165) is 5.92 Å². The van der Waals surface area contributed by atoms with Crippen molar-refractivity contribution in [1.82, 2.24) is 0 Å². The lowest BCUT2D eigenvalue weighted by atomic mass is 9.81. The highest BCUT2D eigenvalue weighted by molar-refractivity contribution is 5.23. The second-order valence-electron chi connectivity index (χ2n) is 6.30. The molecule has 0 aliphatic rings. The predicted octanol–water partition coefficient (Wildman–Crippen LogP) is 8.65. The van der Waals surface area contributed by atoms with E-state index >= 15 is 0 Å². The fourth-order valence-electron chi connectivity index (χ4n) is 2.36. The first-order chi connectivity index (χ1) is 11.0. The third-order valence-electron chi connectivity index (χ3n) is 3.91. The first-order valence-electron chi connectivity index (χ1n) is 10.0. The zero-order valence-electron chi connectivity index (χ0n) is 18.0. The van der Waals surface area contributed by atoms with Gasteiger partial charge in [0.1, 0.15) is 0 Å². The highest BCUT2D eigenvalue weighted by Crippen LogP contribution is 2.27. The summed E-state index contributed by atoms with van der Waals surface area (Å²) in [6, 6.07) is 10.7. The Kier molecular flexibility index (Phi) is 22.7. The minimum absolute atomic E-state index is 0.343. The molecular weight excluding hydrogens is 276 g/mol. The van der Waals surface area contributed by atoms with Crippen molar-refractivity contribution in [2.45, 2.75) is 107 Å². The van der Waals surface area contributed by atoms with E-state index in [0.29, 0.717) is 5.41 Å². The van der Waals surface area contributed by atoms with Crippen LogP contribution in [0.5, 0.6) is 0 Å². The van der Waals surface area contributed by atoms with E-state index in [1.54, 1.807) is 0 Å². The van der Waals surface area contributed by atoms with Gasteiger partial charge in [-0.1, -0.05) is 125 Å². The van der Waals surface area contributed by atoms with Crippen LogP contribution in [0.15, 0.2) is 30.3 Å². The van der Waals surface area contributed by atoms with Crippen molar-refractivity contribution in [1.29, 1.82) is 0 Å². The van der Waals surface area contributed by atoms with Crippen molar-refractivity contribution in [3.8, 4) is 0 Å². The van der Waals surface area contributed by atoms with Crippen molar-refractivity contribution in [2.24, 2.45) is 5.92 Å². The third kappa shape index (κ3) is 15.9. The van der Waals surface area contributed by atoms with Gasteiger partial charge in [0.25, 0.3) is 0 Å². The van der Waals surface area contributed by atoms with Gasteiger partial charge < -0.3 is 0 Å². The van der Waals surface area contributed by atoms with E-state index in [-0.39, 0.29) is 0 Å². The van der Waals surface area contributed by atoms with Crippen LogP contribution in [-0.4, -0.2) is 0 Å². The van der Waals surface area contributed by atoms with Gasteiger partial charge in [-0.3, -0.25) is 0 Å². The Morgan fingerprint density at radius 2 is 1.30 bits per heavy atom. The molecule has 0 spiro atoms. The highest BCUT2D eigenvalue weighted by atomic mass is 14.2. The van der Waals surface area contributed by atoms with Gasteiger partial charge >= 0.3 is 0 Å². The van der Waals surface area contributed by atoms with Crippen LogP contribution in [0.4, 0.5) is 0 Å². The van der Waals surface area contributed by atoms with Gasteiger partial charge in [0.2, 0.25) is 0 Å². The van der Waals surface area contributed by atoms with Crippen LogP contribution >= 0.6 is 0 Å². The summed E-state index contributed by atoms with van der Waals surface area (Å²) in [5.74, 6) is 0.949. The lowest BCUT2D eigenvalue weighted by Crippen LogP contribution is -2.16. The Hall–Kier alpha value is -0.780. The van der Waals surface area contributed by atoms with Crippen LogP contribution in [0.25, 0.3) is 0 Å². The molecule has 0 amide bonds. The molecule has 0 bridgehead atoms. The molecule has 0 N–H and O–H groups in total. The van der Waals surface area contributed by atoms with E-state index in [1.165, 1.54) is 37.7 Å². The maximum atomic E-state index is 2.31. The minimum Gasteiger partial charge on any atom is -0.0683 e. The molecule has 0 aliphatic carbocycles. The first kappa shape index (κ1) is 27.1. The van der Waals surface area contributed by atoms with Crippen LogP contribution in [-0.2, 0) is 5.41 Å². The molecule has 138 valence electrons. The molecule has 0 heterocycles. The molecular formula is C23H46. The summed E-state index contributed by atoms with van der Waals surface area (Å²) in [4.78, 5) is 0. The molecule has 0 aromatic heterocycles. The molecule has 1 rings (SSSR count). The molecule has 23 heavy (non-hydrogen) atoms. The van der Waals surface area contributed by atoms with Crippen molar-refractivity contribution in [3.63, 3.8) is 0 Å². The summed E-state index contributed by atoms with van der Waals surface area (Å²) in [5.41, 5.74) is 1.79. The van der Waals surface area contributed by atoms with Gasteiger partial charge in [-0.25, -0.2) is 0 Å². The third-order valence-corrected chi connectivity index (χ3v) is 3.91. The van der Waals surface area contributed by atoms with Crippen molar-refractivity contribution in [2.75, 3.05) is 0 Å². The Balaban J connectivity index is -0.000000312. The first-order valence-corrected chi connectivity index (χ1v) is 10.0. The van der Waals surface area contributed by atoms with Crippen molar-refractivity contribution in [3.05, 3.63) is 35.9 Å². The van der Waals surface area contributed by atoms with E-state index in [2.05, 4.69) is 71.9 Å². The average Bonchev–Trinajstić information content (AvgIpc) is 2.60. The Morgan fingerprint density at radius 3 is 1.61 bits per heavy atom. The van der Waals surface area contributed by atoms with Crippen LogP contribution < -0.4 is 0 Å². The molecule has 1 aromatic carbocycles. The zero-order valence-corrected chi connectivity index (χ0v) is 18.0. The lowest BCUT2D eigenvalue weighted by molar-refractivity contribution is 0.473. The second kappa shape index (κ2) is 19.3. The van der Waals surface area contributed by atoms with Crippen LogP contribution in [0.1, 0.15) is 107 Å². The number of hydrogen-bond acceptors (Lipinski definition) is 0.